The van der Waals surface area contributed by atoms with Gasteiger partial charge in [-0.3, -0.25) is 4.79 Å². The molecule has 4 aromatic carbocycles. The molecule has 3 nitrogen and oxygen atoms in total. The quantitative estimate of drug-likeness (QED) is 0.329. The van der Waals surface area contributed by atoms with Gasteiger partial charge in [-0.05, 0) is 40.1 Å². The summed E-state index contributed by atoms with van der Waals surface area (Å²) in [4.78, 5) is 12.8. The van der Waals surface area contributed by atoms with Crippen molar-refractivity contribution in [3.8, 4) is 0 Å². The molecule has 0 atom stereocenters. The minimum atomic E-state index is -0.136. The summed E-state index contributed by atoms with van der Waals surface area (Å²) in [6.45, 7) is 0.732. The van der Waals surface area contributed by atoms with Crippen molar-refractivity contribution in [3.05, 3.63) is 127 Å². The van der Waals surface area contributed by atoms with Gasteiger partial charge in [-0.1, -0.05) is 91.0 Å². The highest BCUT2D eigenvalue weighted by Crippen LogP contribution is 2.24. The first kappa shape index (κ1) is 19.8. The summed E-state index contributed by atoms with van der Waals surface area (Å²) in [5.41, 5.74) is 3.98. The molecule has 5 aromatic rings. The van der Waals surface area contributed by atoms with Gasteiger partial charge in [0.1, 0.15) is 0 Å². The van der Waals surface area contributed by atoms with E-state index in [1.807, 2.05) is 72.9 Å². The van der Waals surface area contributed by atoms with Crippen LogP contribution in [0.1, 0.15) is 11.1 Å². The van der Waals surface area contributed by atoms with Crippen LogP contribution < -0.4 is 5.32 Å². The van der Waals surface area contributed by atoms with Gasteiger partial charge in [0.25, 0.3) is 0 Å². The van der Waals surface area contributed by atoms with Gasteiger partial charge < -0.3 is 9.88 Å². The molecule has 0 bridgehead atoms. The van der Waals surface area contributed by atoms with E-state index in [0.717, 1.165) is 39.5 Å². The van der Waals surface area contributed by atoms with E-state index in [1.165, 1.54) is 5.56 Å². The fraction of sp³-hybridized carbons (Fsp3) is 0.0345. The predicted molar refractivity (Wildman–Crippen MR) is 133 cm³/mol. The maximum Gasteiger partial charge on any atom is 0.233 e. The number of allylic oxidation sites excluding steroid dienone is 1. The SMILES string of the molecule is O=C([CH]c1cn(CC=Cc2ccccc2)c2ccccc12)Nc1ccc2ccccc2c1. The number of benzene rings is 4. The molecule has 1 amide bonds. The molecule has 1 aromatic heterocycles. The first-order valence-electron chi connectivity index (χ1n) is 10.7. The molecule has 0 saturated heterocycles. The van der Waals surface area contributed by atoms with Crippen molar-refractivity contribution in [2.45, 2.75) is 6.54 Å². The first-order valence-corrected chi connectivity index (χ1v) is 10.7. The third-order valence-electron chi connectivity index (χ3n) is 5.53. The molecule has 0 aliphatic carbocycles. The number of nitrogens with zero attached hydrogens (tertiary/aromatic N) is 1. The van der Waals surface area contributed by atoms with Crippen molar-refractivity contribution in [2.24, 2.45) is 0 Å². The van der Waals surface area contributed by atoms with Gasteiger partial charge in [0.05, 0.1) is 6.42 Å². The number of nitrogens with one attached hydrogen (secondary N) is 1. The summed E-state index contributed by atoms with van der Waals surface area (Å²) in [7, 11) is 0. The molecule has 1 heterocycles. The van der Waals surface area contributed by atoms with Crippen molar-refractivity contribution >= 4 is 39.3 Å². The highest BCUT2D eigenvalue weighted by atomic mass is 16.1. The Hall–Kier alpha value is -4.11. The van der Waals surface area contributed by atoms with E-state index < -0.39 is 0 Å². The van der Waals surface area contributed by atoms with Crippen LogP contribution in [-0.2, 0) is 11.3 Å². The summed E-state index contributed by atoms with van der Waals surface area (Å²) >= 11 is 0. The lowest BCUT2D eigenvalue weighted by Crippen LogP contribution is -2.12. The summed E-state index contributed by atoms with van der Waals surface area (Å²) in [5.74, 6) is -0.136. The van der Waals surface area contributed by atoms with Gasteiger partial charge in [-0.25, -0.2) is 0 Å². The van der Waals surface area contributed by atoms with E-state index >= 15 is 0 Å². The minimum Gasteiger partial charge on any atom is -0.343 e. The average Bonchev–Trinajstić information content (AvgIpc) is 3.17. The standard InChI is InChI=1S/C29H23N2O/c32-29(30-26-17-16-23-12-4-5-13-24(23)19-26)20-25-21-31(28-15-7-6-14-27(25)28)18-8-11-22-9-2-1-3-10-22/h1-17,19-21H,18H2,(H,30,32). The predicted octanol–water partition coefficient (Wildman–Crippen LogP) is 6.70. The average molecular weight is 416 g/mol. The van der Waals surface area contributed by atoms with Crippen molar-refractivity contribution in [1.82, 2.24) is 4.57 Å². The molecule has 0 unspecified atom stereocenters. The van der Waals surface area contributed by atoms with Crippen LogP contribution in [0.2, 0.25) is 0 Å². The second kappa shape index (κ2) is 8.94. The van der Waals surface area contributed by atoms with E-state index in [9.17, 15) is 4.79 Å². The Kier molecular flexibility index (Phi) is 5.54. The van der Waals surface area contributed by atoms with E-state index in [1.54, 1.807) is 6.42 Å². The minimum absolute atomic E-state index is 0.136. The third-order valence-corrected chi connectivity index (χ3v) is 5.53. The Morgan fingerprint density at radius 2 is 1.56 bits per heavy atom. The zero-order valence-electron chi connectivity index (χ0n) is 17.6. The number of para-hydroxylation sites is 1. The molecule has 0 aliphatic heterocycles. The normalized spacial score (nSPS) is 11.4. The second-order valence-corrected chi connectivity index (χ2v) is 7.76. The van der Waals surface area contributed by atoms with E-state index in [0.29, 0.717) is 0 Å². The molecule has 3 heteroatoms. The van der Waals surface area contributed by atoms with Gasteiger partial charge in [-0.2, -0.15) is 0 Å². The van der Waals surface area contributed by atoms with Crippen LogP contribution in [0.25, 0.3) is 27.8 Å². The molecule has 155 valence electrons. The Morgan fingerprint density at radius 3 is 2.44 bits per heavy atom. The molecule has 0 fully saturated rings. The topological polar surface area (TPSA) is 34.0 Å². The fourth-order valence-electron chi connectivity index (χ4n) is 3.99. The number of hydrogen-bond acceptors (Lipinski definition) is 1. The first-order chi connectivity index (χ1) is 15.8. The van der Waals surface area contributed by atoms with E-state index in [4.69, 9.17) is 0 Å². The van der Waals surface area contributed by atoms with Gasteiger partial charge in [0.2, 0.25) is 5.91 Å². The van der Waals surface area contributed by atoms with Crippen molar-refractivity contribution < 1.29 is 4.79 Å². The third kappa shape index (κ3) is 4.33. The van der Waals surface area contributed by atoms with Crippen LogP contribution in [0.4, 0.5) is 5.69 Å². The van der Waals surface area contributed by atoms with Crippen LogP contribution in [-0.4, -0.2) is 10.5 Å². The van der Waals surface area contributed by atoms with Gasteiger partial charge in [0.15, 0.2) is 0 Å². The molecule has 1 N–H and O–H groups in total. The zero-order valence-corrected chi connectivity index (χ0v) is 17.6. The van der Waals surface area contributed by atoms with Gasteiger partial charge in [0, 0.05) is 29.3 Å². The number of carbonyl (C=O) groups is 1. The Morgan fingerprint density at radius 1 is 0.812 bits per heavy atom. The number of anilines is 1. The monoisotopic (exact) mass is 415 g/mol. The second-order valence-electron chi connectivity index (χ2n) is 7.76. The fourth-order valence-corrected chi connectivity index (χ4v) is 3.99. The summed E-state index contributed by atoms with van der Waals surface area (Å²) < 4.78 is 2.17. The van der Waals surface area contributed by atoms with Crippen LogP contribution in [0.5, 0.6) is 0 Å². The Bertz CT molecular complexity index is 1410. The smallest absolute Gasteiger partial charge is 0.233 e. The van der Waals surface area contributed by atoms with Crippen molar-refractivity contribution in [3.63, 3.8) is 0 Å². The number of aromatic nitrogens is 1. The molecule has 5 rings (SSSR count). The lowest BCUT2D eigenvalue weighted by Gasteiger charge is -2.06. The molecule has 0 spiro atoms. The maximum absolute atomic E-state index is 12.8. The summed E-state index contributed by atoms with van der Waals surface area (Å²) in [5, 5.41) is 6.33. The van der Waals surface area contributed by atoms with Gasteiger partial charge >= 0.3 is 0 Å². The largest absolute Gasteiger partial charge is 0.343 e. The van der Waals surface area contributed by atoms with E-state index in [-0.39, 0.29) is 5.91 Å². The van der Waals surface area contributed by atoms with Crippen LogP contribution in [0.3, 0.4) is 0 Å². The highest BCUT2D eigenvalue weighted by Gasteiger charge is 2.12. The zero-order chi connectivity index (χ0) is 21.8. The van der Waals surface area contributed by atoms with Crippen LogP contribution >= 0.6 is 0 Å². The number of amides is 1. The summed E-state index contributed by atoms with van der Waals surface area (Å²) in [6.07, 6.45) is 7.97. The highest BCUT2D eigenvalue weighted by molar-refractivity contribution is 6.04. The van der Waals surface area contributed by atoms with Gasteiger partial charge in [-0.15, -0.1) is 0 Å². The molecule has 1 radical (unpaired) electrons. The summed E-state index contributed by atoms with van der Waals surface area (Å²) in [6, 6.07) is 32.5. The molecule has 0 saturated carbocycles. The molecule has 0 aliphatic rings. The lowest BCUT2D eigenvalue weighted by molar-refractivity contribution is -0.112. The number of hydrogen-bond donors (Lipinski definition) is 1. The van der Waals surface area contributed by atoms with E-state index in [2.05, 4.69) is 52.4 Å². The Labute approximate surface area is 187 Å². The molecular weight excluding hydrogens is 392 g/mol. The van der Waals surface area contributed by atoms with Crippen LogP contribution in [0, 0.1) is 6.42 Å². The Balaban J connectivity index is 1.34. The van der Waals surface area contributed by atoms with Crippen molar-refractivity contribution in [1.29, 1.82) is 0 Å². The number of fused-ring (bicyclic) bond motifs is 2. The van der Waals surface area contributed by atoms with Crippen molar-refractivity contribution in [2.75, 3.05) is 5.32 Å². The van der Waals surface area contributed by atoms with Crippen LogP contribution in [0.15, 0.2) is 109 Å². The molecular formula is C29H23N2O. The number of rotatable bonds is 6. The molecule has 32 heavy (non-hydrogen) atoms. The maximum atomic E-state index is 12.8. The number of carbonyl (C=O) groups excluding carboxylic acids is 1. The lowest BCUT2D eigenvalue weighted by atomic mass is 10.1.